The Morgan fingerprint density at radius 2 is 1.95 bits per heavy atom. The summed E-state index contributed by atoms with van der Waals surface area (Å²) < 4.78 is 5.61. The first-order valence-corrected chi connectivity index (χ1v) is 7.15. The van der Waals surface area contributed by atoms with Gasteiger partial charge in [-0.1, -0.05) is 6.07 Å². The summed E-state index contributed by atoms with van der Waals surface area (Å²) in [6.45, 7) is 5.80. The van der Waals surface area contributed by atoms with Gasteiger partial charge in [0.1, 0.15) is 18.5 Å². The van der Waals surface area contributed by atoms with E-state index in [1.807, 2.05) is 26.0 Å². The molecule has 1 aromatic rings. The van der Waals surface area contributed by atoms with E-state index in [-0.39, 0.29) is 0 Å². The largest absolute Gasteiger partial charge is 0.491 e. The van der Waals surface area contributed by atoms with Gasteiger partial charge in [0.2, 0.25) is 0 Å². The molecule has 1 rings (SSSR count). The Morgan fingerprint density at radius 3 is 2.60 bits per heavy atom. The van der Waals surface area contributed by atoms with Crippen LogP contribution in [0.4, 0.5) is 0 Å². The number of rotatable bonds is 9. The van der Waals surface area contributed by atoms with Crippen molar-refractivity contribution in [3.05, 3.63) is 29.3 Å². The fraction of sp³-hybridized carbons (Fsp3) is 0.529. The molecule has 110 valence electrons. The summed E-state index contributed by atoms with van der Waals surface area (Å²) in [6.07, 6.45) is 7.57. The van der Waals surface area contributed by atoms with Gasteiger partial charge < -0.3 is 15.2 Å². The first kappa shape index (κ1) is 16.6. The number of terminal acetylenes is 1. The number of unbranched alkanes of at least 4 members (excludes halogenated alkanes) is 2. The summed E-state index contributed by atoms with van der Waals surface area (Å²) in [4.78, 5) is 0. The van der Waals surface area contributed by atoms with E-state index < -0.39 is 6.10 Å². The lowest BCUT2D eigenvalue weighted by atomic mass is 10.1. The number of aliphatic hydroxyl groups is 1. The second-order valence-electron chi connectivity index (χ2n) is 5.15. The van der Waals surface area contributed by atoms with Crippen LogP contribution in [0.1, 0.15) is 30.4 Å². The molecule has 0 bridgehead atoms. The van der Waals surface area contributed by atoms with Crippen LogP contribution in [0.2, 0.25) is 0 Å². The number of aliphatic hydroxyl groups excluding tert-OH is 1. The minimum absolute atomic E-state index is 0.306. The molecule has 1 atom stereocenters. The highest BCUT2D eigenvalue weighted by atomic mass is 16.5. The highest BCUT2D eigenvalue weighted by Crippen LogP contribution is 2.16. The second-order valence-corrected chi connectivity index (χ2v) is 5.15. The van der Waals surface area contributed by atoms with Crippen molar-refractivity contribution in [1.29, 1.82) is 0 Å². The first-order valence-electron chi connectivity index (χ1n) is 7.15. The minimum atomic E-state index is -0.497. The van der Waals surface area contributed by atoms with Crippen LogP contribution in [0.3, 0.4) is 0 Å². The molecular weight excluding hydrogens is 250 g/mol. The molecule has 0 saturated carbocycles. The average molecular weight is 275 g/mol. The van der Waals surface area contributed by atoms with E-state index in [1.54, 1.807) is 0 Å². The average Bonchev–Trinajstić information content (AvgIpc) is 2.39. The SMILES string of the molecule is C#CCCCCNCC(O)COc1cc(C)cc(C)c1. The maximum absolute atomic E-state index is 9.83. The quantitative estimate of drug-likeness (QED) is 0.537. The Morgan fingerprint density at radius 1 is 1.25 bits per heavy atom. The van der Waals surface area contributed by atoms with Gasteiger partial charge in [0.15, 0.2) is 0 Å². The smallest absolute Gasteiger partial charge is 0.119 e. The third kappa shape index (κ3) is 7.18. The maximum atomic E-state index is 9.83. The predicted molar refractivity (Wildman–Crippen MR) is 83.0 cm³/mol. The number of ether oxygens (including phenoxy) is 1. The first-order chi connectivity index (χ1) is 9.61. The van der Waals surface area contributed by atoms with Crippen LogP contribution >= 0.6 is 0 Å². The van der Waals surface area contributed by atoms with Crippen LogP contribution in [-0.2, 0) is 0 Å². The summed E-state index contributed by atoms with van der Waals surface area (Å²) in [5, 5.41) is 13.0. The predicted octanol–water partition coefficient (Wildman–Crippen LogP) is 2.44. The highest BCUT2D eigenvalue weighted by Gasteiger charge is 2.05. The van der Waals surface area contributed by atoms with Crippen LogP contribution in [-0.4, -0.2) is 30.9 Å². The molecule has 0 aromatic heterocycles. The third-order valence-corrected chi connectivity index (χ3v) is 2.94. The monoisotopic (exact) mass is 275 g/mol. The minimum Gasteiger partial charge on any atom is -0.491 e. The number of benzene rings is 1. The van der Waals surface area contributed by atoms with E-state index in [2.05, 4.69) is 17.3 Å². The lowest BCUT2D eigenvalue weighted by Crippen LogP contribution is -2.32. The Bertz CT molecular complexity index is 417. The fourth-order valence-corrected chi connectivity index (χ4v) is 2.01. The van der Waals surface area contributed by atoms with Crippen molar-refractivity contribution in [3.8, 4) is 18.1 Å². The molecule has 0 heterocycles. The molecule has 0 aliphatic heterocycles. The lowest BCUT2D eigenvalue weighted by molar-refractivity contribution is 0.106. The molecule has 0 aliphatic rings. The fourth-order valence-electron chi connectivity index (χ4n) is 2.01. The summed E-state index contributed by atoms with van der Waals surface area (Å²) in [6, 6.07) is 6.06. The Labute approximate surface area is 122 Å². The number of hydrogen-bond acceptors (Lipinski definition) is 3. The summed E-state index contributed by atoms with van der Waals surface area (Å²) in [5.74, 6) is 3.43. The second kappa shape index (κ2) is 9.41. The van der Waals surface area contributed by atoms with Crippen molar-refractivity contribution in [2.75, 3.05) is 19.7 Å². The molecule has 0 radical (unpaired) electrons. The lowest BCUT2D eigenvalue weighted by Gasteiger charge is -2.14. The Balaban J connectivity index is 2.16. The zero-order valence-corrected chi connectivity index (χ0v) is 12.5. The highest BCUT2D eigenvalue weighted by molar-refractivity contribution is 5.32. The van der Waals surface area contributed by atoms with E-state index in [4.69, 9.17) is 11.2 Å². The summed E-state index contributed by atoms with van der Waals surface area (Å²) >= 11 is 0. The molecule has 0 fully saturated rings. The molecule has 0 aliphatic carbocycles. The van der Waals surface area contributed by atoms with Crippen molar-refractivity contribution in [2.24, 2.45) is 0 Å². The van der Waals surface area contributed by atoms with E-state index >= 15 is 0 Å². The Kier molecular flexibility index (Phi) is 7.79. The van der Waals surface area contributed by atoms with Gasteiger partial charge in [0.05, 0.1) is 0 Å². The summed E-state index contributed by atoms with van der Waals surface area (Å²) in [7, 11) is 0. The van der Waals surface area contributed by atoms with E-state index in [1.165, 1.54) is 11.1 Å². The maximum Gasteiger partial charge on any atom is 0.119 e. The van der Waals surface area contributed by atoms with Crippen molar-refractivity contribution >= 4 is 0 Å². The molecule has 3 heteroatoms. The number of aryl methyl sites for hydroxylation is 2. The summed E-state index contributed by atoms with van der Waals surface area (Å²) in [5.41, 5.74) is 2.34. The van der Waals surface area contributed by atoms with Gasteiger partial charge in [-0.2, -0.15) is 0 Å². The van der Waals surface area contributed by atoms with Gasteiger partial charge in [0, 0.05) is 13.0 Å². The molecule has 1 aromatic carbocycles. The normalized spacial score (nSPS) is 11.9. The molecule has 2 N–H and O–H groups in total. The van der Waals surface area contributed by atoms with Crippen molar-refractivity contribution in [1.82, 2.24) is 5.32 Å². The Hall–Kier alpha value is -1.50. The van der Waals surface area contributed by atoms with Gasteiger partial charge in [-0.25, -0.2) is 0 Å². The van der Waals surface area contributed by atoms with E-state index in [9.17, 15) is 5.11 Å². The van der Waals surface area contributed by atoms with Crippen molar-refractivity contribution in [2.45, 2.75) is 39.2 Å². The van der Waals surface area contributed by atoms with Gasteiger partial charge in [-0.05, 0) is 56.5 Å². The van der Waals surface area contributed by atoms with Gasteiger partial charge in [-0.15, -0.1) is 12.3 Å². The number of hydrogen-bond donors (Lipinski definition) is 2. The topological polar surface area (TPSA) is 41.5 Å². The zero-order chi connectivity index (χ0) is 14.8. The zero-order valence-electron chi connectivity index (χ0n) is 12.5. The van der Waals surface area contributed by atoms with Crippen LogP contribution in [0.25, 0.3) is 0 Å². The molecule has 1 unspecified atom stereocenters. The van der Waals surface area contributed by atoms with E-state index in [0.29, 0.717) is 13.2 Å². The van der Waals surface area contributed by atoms with Crippen molar-refractivity contribution < 1.29 is 9.84 Å². The van der Waals surface area contributed by atoms with Crippen LogP contribution in [0.15, 0.2) is 18.2 Å². The molecule has 0 amide bonds. The molecule has 0 spiro atoms. The third-order valence-electron chi connectivity index (χ3n) is 2.94. The standard InChI is InChI=1S/C17H25NO2/c1-4-5-6-7-8-18-12-16(19)13-20-17-10-14(2)9-15(3)11-17/h1,9-11,16,18-19H,5-8,12-13H2,2-3H3. The van der Waals surface area contributed by atoms with E-state index in [0.717, 1.165) is 31.6 Å². The van der Waals surface area contributed by atoms with Gasteiger partial charge in [-0.3, -0.25) is 0 Å². The van der Waals surface area contributed by atoms with Gasteiger partial charge in [0.25, 0.3) is 0 Å². The molecule has 20 heavy (non-hydrogen) atoms. The van der Waals surface area contributed by atoms with Crippen molar-refractivity contribution in [3.63, 3.8) is 0 Å². The van der Waals surface area contributed by atoms with Crippen LogP contribution in [0, 0.1) is 26.2 Å². The molecule has 0 saturated heterocycles. The molecular formula is C17H25NO2. The van der Waals surface area contributed by atoms with Crippen LogP contribution < -0.4 is 10.1 Å². The number of nitrogens with one attached hydrogen (secondary N) is 1. The molecule has 3 nitrogen and oxygen atoms in total. The van der Waals surface area contributed by atoms with Gasteiger partial charge >= 0.3 is 0 Å². The van der Waals surface area contributed by atoms with Crippen LogP contribution in [0.5, 0.6) is 5.75 Å².